The van der Waals surface area contributed by atoms with Gasteiger partial charge in [0.05, 0.1) is 0 Å². The van der Waals surface area contributed by atoms with Gasteiger partial charge in [0.1, 0.15) is 0 Å². The van der Waals surface area contributed by atoms with Crippen molar-refractivity contribution in [1.29, 1.82) is 0 Å². The lowest BCUT2D eigenvalue weighted by molar-refractivity contribution is 0.180. The van der Waals surface area contributed by atoms with E-state index in [9.17, 15) is 4.21 Å². The number of hydrogen-bond donors (Lipinski definition) is 1. The SMILES string of the molecule is CC(C)CN1CCC(NCCCS(C)=O)CC1. The van der Waals surface area contributed by atoms with E-state index < -0.39 is 10.8 Å². The van der Waals surface area contributed by atoms with E-state index in [4.69, 9.17) is 0 Å². The van der Waals surface area contributed by atoms with Gasteiger partial charge in [-0.1, -0.05) is 13.8 Å². The maximum atomic E-state index is 10.9. The molecule has 3 nitrogen and oxygen atoms in total. The average Bonchev–Trinajstić information content (AvgIpc) is 2.25. The Kier molecular flexibility index (Phi) is 7.32. The number of piperidine rings is 1. The molecule has 1 N–H and O–H groups in total. The van der Waals surface area contributed by atoms with E-state index in [1.165, 1.54) is 32.5 Å². The molecule has 1 aliphatic heterocycles. The van der Waals surface area contributed by atoms with E-state index >= 15 is 0 Å². The van der Waals surface area contributed by atoms with Crippen LogP contribution < -0.4 is 5.32 Å². The van der Waals surface area contributed by atoms with Crippen molar-refractivity contribution in [2.24, 2.45) is 5.92 Å². The summed E-state index contributed by atoms with van der Waals surface area (Å²) in [4.78, 5) is 2.57. The van der Waals surface area contributed by atoms with Gasteiger partial charge in [-0.2, -0.15) is 0 Å². The Balaban J connectivity index is 2.04. The lowest BCUT2D eigenvalue weighted by atomic mass is 10.0. The molecule has 0 spiro atoms. The molecule has 102 valence electrons. The number of likely N-dealkylation sites (tertiary alicyclic amines) is 1. The van der Waals surface area contributed by atoms with E-state index in [2.05, 4.69) is 24.1 Å². The molecule has 1 saturated heterocycles. The van der Waals surface area contributed by atoms with Crippen LogP contribution >= 0.6 is 0 Å². The molecule has 1 rings (SSSR count). The zero-order valence-electron chi connectivity index (χ0n) is 11.6. The Hall–Kier alpha value is 0.0700. The van der Waals surface area contributed by atoms with Crippen LogP contribution in [-0.2, 0) is 10.8 Å². The monoisotopic (exact) mass is 260 g/mol. The highest BCUT2D eigenvalue weighted by molar-refractivity contribution is 7.84. The van der Waals surface area contributed by atoms with Crippen molar-refractivity contribution in [2.45, 2.75) is 39.2 Å². The molecule has 0 saturated carbocycles. The third-order valence-corrected chi connectivity index (χ3v) is 4.12. The standard InChI is InChI=1S/C13H28N2OS/c1-12(2)11-15-8-5-13(6-9-15)14-7-4-10-17(3)16/h12-14H,4-11H2,1-3H3. The summed E-state index contributed by atoms with van der Waals surface area (Å²) in [6.07, 6.45) is 5.35. The fourth-order valence-electron chi connectivity index (χ4n) is 2.42. The molecule has 0 radical (unpaired) electrons. The van der Waals surface area contributed by atoms with Crippen molar-refractivity contribution in [3.63, 3.8) is 0 Å². The molecule has 1 atom stereocenters. The van der Waals surface area contributed by atoms with Gasteiger partial charge in [0.2, 0.25) is 0 Å². The topological polar surface area (TPSA) is 32.3 Å². The summed E-state index contributed by atoms with van der Waals surface area (Å²) in [5, 5.41) is 3.59. The van der Waals surface area contributed by atoms with Crippen molar-refractivity contribution >= 4 is 10.8 Å². The summed E-state index contributed by atoms with van der Waals surface area (Å²) in [5.41, 5.74) is 0. The van der Waals surface area contributed by atoms with E-state index in [0.29, 0.717) is 6.04 Å². The minimum absolute atomic E-state index is 0.633. The summed E-state index contributed by atoms with van der Waals surface area (Å²) in [7, 11) is -0.633. The predicted molar refractivity (Wildman–Crippen MR) is 75.9 cm³/mol. The maximum Gasteiger partial charge on any atom is 0.0244 e. The lowest BCUT2D eigenvalue weighted by Gasteiger charge is -2.33. The number of nitrogens with zero attached hydrogens (tertiary/aromatic N) is 1. The predicted octanol–water partition coefficient (Wildman–Crippen LogP) is 1.46. The number of hydrogen-bond acceptors (Lipinski definition) is 3. The molecule has 1 fully saturated rings. The first-order chi connectivity index (χ1) is 8.08. The van der Waals surface area contributed by atoms with Crippen molar-refractivity contribution in [1.82, 2.24) is 10.2 Å². The van der Waals surface area contributed by atoms with Crippen LogP contribution in [0.25, 0.3) is 0 Å². The molecular weight excluding hydrogens is 232 g/mol. The third kappa shape index (κ3) is 7.17. The average molecular weight is 260 g/mol. The fourth-order valence-corrected chi connectivity index (χ4v) is 2.97. The van der Waals surface area contributed by atoms with Gasteiger partial charge in [-0.3, -0.25) is 4.21 Å². The Bertz CT molecular complexity index is 225. The Morgan fingerprint density at radius 3 is 2.53 bits per heavy atom. The maximum absolute atomic E-state index is 10.9. The molecule has 0 aromatic carbocycles. The Morgan fingerprint density at radius 2 is 2.00 bits per heavy atom. The van der Waals surface area contributed by atoms with Gasteiger partial charge in [0, 0.05) is 35.4 Å². The highest BCUT2D eigenvalue weighted by atomic mass is 32.2. The van der Waals surface area contributed by atoms with Crippen LogP contribution in [0, 0.1) is 5.92 Å². The summed E-state index contributed by atoms with van der Waals surface area (Å²) in [6, 6.07) is 0.684. The minimum atomic E-state index is -0.633. The van der Waals surface area contributed by atoms with Crippen molar-refractivity contribution in [2.75, 3.05) is 38.2 Å². The van der Waals surface area contributed by atoms with Crippen molar-refractivity contribution in [3.8, 4) is 0 Å². The van der Waals surface area contributed by atoms with Gasteiger partial charge in [0.15, 0.2) is 0 Å². The van der Waals surface area contributed by atoms with Crippen LogP contribution in [0.2, 0.25) is 0 Å². The van der Waals surface area contributed by atoms with E-state index in [1.54, 1.807) is 6.26 Å². The van der Waals surface area contributed by atoms with Gasteiger partial charge in [-0.05, 0) is 44.8 Å². The molecule has 0 aromatic heterocycles. The second kappa shape index (κ2) is 8.22. The molecule has 1 unspecified atom stereocenters. The summed E-state index contributed by atoms with van der Waals surface area (Å²) < 4.78 is 10.9. The van der Waals surface area contributed by atoms with Gasteiger partial charge in [-0.25, -0.2) is 0 Å². The summed E-state index contributed by atoms with van der Waals surface area (Å²) in [5.74, 6) is 1.61. The van der Waals surface area contributed by atoms with E-state index in [-0.39, 0.29) is 0 Å². The number of rotatable bonds is 7. The molecule has 1 heterocycles. The Labute approximate surface area is 109 Å². The minimum Gasteiger partial charge on any atom is -0.314 e. The highest BCUT2D eigenvalue weighted by Gasteiger charge is 2.18. The second-order valence-corrected chi connectivity index (χ2v) is 7.11. The first-order valence-corrected chi connectivity index (χ1v) is 8.56. The normalized spacial score (nSPS) is 20.9. The molecule has 17 heavy (non-hydrogen) atoms. The third-order valence-electron chi connectivity index (χ3n) is 3.25. The zero-order chi connectivity index (χ0) is 12.7. The zero-order valence-corrected chi connectivity index (χ0v) is 12.4. The first-order valence-electron chi connectivity index (χ1n) is 6.83. The van der Waals surface area contributed by atoms with Crippen LogP contribution in [0.4, 0.5) is 0 Å². The quantitative estimate of drug-likeness (QED) is 0.704. The van der Waals surface area contributed by atoms with Gasteiger partial charge >= 0.3 is 0 Å². The van der Waals surface area contributed by atoms with E-state index in [0.717, 1.165) is 24.6 Å². The summed E-state index contributed by atoms with van der Waals surface area (Å²) >= 11 is 0. The molecule has 0 amide bonds. The molecule has 0 aliphatic carbocycles. The largest absolute Gasteiger partial charge is 0.314 e. The van der Waals surface area contributed by atoms with Gasteiger partial charge < -0.3 is 10.2 Å². The van der Waals surface area contributed by atoms with Crippen LogP contribution in [0.1, 0.15) is 33.1 Å². The van der Waals surface area contributed by atoms with Crippen molar-refractivity contribution < 1.29 is 4.21 Å². The van der Waals surface area contributed by atoms with Crippen LogP contribution in [0.15, 0.2) is 0 Å². The fraction of sp³-hybridized carbons (Fsp3) is 1.00. The number of nitrogens with one attached hydrogen (secondary N) is 1. The van der Waals surface area contributed by atoms with E-state index in [1.807, 2.05) is 0 Å². The lowest BCUT2D eigenvalue weighted by Crippen LogP contribution is -2.43. The van der Waals surface area contributed by atoms with Crippen LogP contribution in [0.5, 0.6) is 0 Å². The second-order valence-electron chi connectivity index (χ2n) is 5.55. The molecule has 0 aromatic rings. The molecule has 1 aliphatic rings. The highest BCUT2D eigenvalue weighted by Crippen LogP contribution is 2.11. The molecule has 4 heteroatoms. The molecule has 0 bridgehead atoms. The first kappa shape index (κ1) is 15.1. The van der Waals surface area contributed by atoms with Crippen LogP contribution in [0.3, 0.4) is 0 Å². The molecular formula is C13H28N2OS. The van der Waals surface area contributed by atoms with Crippen LogP contribution in [-0.4, -0.2) is 53.3 Å². The van der Waals surface area contributed by atoms with Crippen molar-refractivity contribution in [3.05, 3.63) is 0 Å². The Morgan fingerprint density at radius 1 is 1.35 bits per heavy atom. The van der Waals surface area contributed by atoms with Gasteiger partial charge in [-0.15, -0.1) is 0 Å². The smallest absolute Gasteiger partial charge is 0.0244 e. The summed E-state index contributed by atoms with van der Waals surface area (Å²) in [6.45, 7) is 9.30. The van der Waals surface area contributed by atoms with Gasteiger partial charge in [0.25, 0.3) is 0 Å².